The standard InChI is InChI=1S/C12H8FN3S/c13-10-5-1-2-6-11(10)17-12-14-8-9-4-3-7-15-16(9)12/h1-8H. The Morgan fingerprint density at radius 1 is 1.12 bits per heavy atom. The van der Waals surface area contributed by atoms with Gasteiger partial charge in [0.2, 0.25) is 0 Å². The van der Waals surface area contributed by atoms with Crippen LogP contribution in [0.15, 0.2) is 58.8 Å². The quantitative estimate of drug-likeness (QED) is 0.695. The monoisotopic (exact) mass is 245 g/mol. The second-order valence-corrected chi connectivity index (χ2v) is 4.44. The van der Waals surface area contributed by atoms with Crippen LogP contribution < -0.4 is 0 Å². The third-order valence-corrected chi connectivity index (χ3v) is 3.32. The minimum atomic E-state index is -0.245. The molecule has 5 heteroatoms. The molecule has 3 aromatic rings. The van der Waals surface area contributed by atoms with Gasteiger partial charge in [0.05, 0.1) is 16.6 Å². The Balaban J connectivity index is 2.03. The molecule has 84 valence electrons. The van der Waals surface area contributed by atoms with Gasteiger partial charge >= 0.3 is 0 Å². The zero-order chi connectivity index (χ0) is 11.7. The molecular weight excluding hydrogens is 237 g/mol. The molecule has 0 saturated carbocycles. The van der Waals surface area contributed by atoms with E-state index in [0.717, 1.165) is 5.52 Å². The third-order valence-electron chi connectivity index (χ3n) is 2.31. The zero-order valence-corrected chi connectivity index (χ0v) is 9.56. The van der Waals surface area contributed by atoms with Crippen molar-refractivity contribution in [1.82, 2.24) is 14.6 Å². The van der Waals surface area contributed by atoms with Crippen molar-refractivity contribution < 1.29 is 4.39 Å². The molecule has 1 aromatic carbocycles. The molecule has 0 fully saturated rings. The maximum Gasteiger partial charge on any atom is 0.194 e. The highest BCUT2D eigenvalue weighted by molar-refractivity contribution is 7.99. The van der Waals surface area contributed by atoms with E-state index in [-0.39, 0.29) is 5.82 Å². The molecule has 2 aromatic heterocycles. The Morgan fingerprint density at radius 3 is 2.88 bits per heavy atom. The average molecular weight is 245 g/mol. The highest BCUT2D eigenvalue weighted by Crippen LogP contribution is 2.28. The summed E-state index contributed by atoms with van der Waals surface area (Å²) in [7, 11) is 0. The molecule has 0 spiro atoms. The second-order valence-electron chi connectivity index (χ2n) is 3.43. The number of rotatable bonds is 2. The molecule has 3 nitrogen and oxygen atoms in total. The molecule has 17 heavy (non-hydrogen) atoms. The lowest BCUT2D eigenvalue weighted by Crippen LogP contribution is -1.92. The first kappa shape index (κ1) is 10.3. The summed E-state index contributed by atoms with van der Waals surface area (Å²) in [6.07, 6.45) is 3.40. The minimum absolute atomic E-state index is 0.245. The van der Waals surface area contributed by atoms with E-state index in [1.165, 1.54) is 17.8 Å². The van der Waals surface area contributed by atoms with Gasteiger partial charge in [0, 0.05) is 6.20 Å². The lowest BCUT2D eigenvalue weighted by Gasteiger charge is -2.01. The Labute approximate surface area is 101 Å². The molecule has 3 rings (SSSR count). The lowest BCUT2D eigenvalue weighted by molar-refractivity contribution is 0.601. The van der Waals surface area contributed by atoms with E-state index >= 15 is 0 Å². The van der Waals surface area contributed by atoms with Crippen LogP contribution in [0, 0.1) is 5.82 Å². The van der Waals surface area contributed by atoms with Crippen LogP contribution in [-0.4, -0.2) is 14.6 Å². The van der Waals surface area contributed by atoms with Gasteiger partial charge in [0.25, 0.3) is 0 Å². The molecule has 0 bridgehead atoms. The summed E-state index contributed by atoms with van der Waals surface area (Å²) in [6.45, 7) is 0. The maximum atomic E-state index is 13.5. The summed E-state index contributed by atoms with van der Waals surface area (Å²) in [6, 6.07) is 10.4. The molecule has 0 aliphatic carbocycles. The van der Waals surface area contributed by atoms with Gasteiger partial charge in [-0.1, -0.05) is 12.1 Å². The van der Waals surface area contributed by atoms with Crippen molar-refractivity contribution in [3.8, 4) is 0 Å². The number of halogens is 1. The molecule has 0 aliphatic heterocycles. The Hall–Kier alpha value is -1.88. The summed E-state index contributed by atoms with van der Waals surface area (Å²) < 4.78 is 15.2. The van der Waals surface area contributed by atoms with Gasteiger partial charge in [-0.3, -0.25) is 0 Å². The van der Waals surface area contributed by atoms with Crippen LogP contribution in [0.25, 0.3) is 5.52 Å². The predicted octanol–water partition coefficient (Wildman–Crippen LogP) is 3.02. The van der Waals surface area contributed by atoms with Crippen molar-refractivity contribution in [2.75, 3.05) is 0 Å². The minimum Gasteiger partial charge on any atom is -0.229 e. The van der Waals surface area contributed by atoms with Gasteiger partial charge in [-0.25, -0.2) is 13.9 Å². The number of hydrogen-bond donors (Lipinski definition) is 0. The molecular formula is C12H8FN3S. The van der Waals surface area contributed by atoms with Crippen molar-refractivity contribution in [1.29, 1.82) is 0 Å². The highest BCUT2D eigenvalue weighted by Gasteiger charge is 2.08. The van der Waals surface area contributed by atoms with Gasteiger partial charge in [-0.15, -0.1) is 0 Å². The SMILES string of the molecule is Fc1ccccc1Sc1ncc2cccnn12. The third kappa shape index (κ3) is 1.89. The van der Waals surface area contributed by atoms with E-state index < -0.39 is 0 Å². The van der Waals surface area contributed by atoms with Gasteiger partial charge in [-0.05, 0) is 36.0 Å². The molecule has 0 unspecified atom stereocenters. The summed E-state index contributed by atoms with van der Waals surface area (Å²) in [5.74, 6) is -0.245. The molecule has 0 N–H and O–H groups in total. The largest absolute Gasteiger partial charge is 0.229 e. The Bertz CT molecular complexity index is 665. The Morgan fingerprint density at radius 2 is 2.00 bits per heavy atom. The average Bonchev–Trinajstić information content (AvgIpc) is 2.76. The lowest BCUT2D eigenvalue weighted by atomic mass is 10.4. The first-order valence-electron chi connectivity index (χ1n) is 5.06. The molecule has 0 atom stereocenters. The zero-order valence-electron chi connectivity index (χ0n) is 8.75. The number of nitrogens with zero attached hydrogens (tertiary/aromatic N) is 3. The molecule has 0 radical (unpaired) electrons. The van der Waals surface area contributed by atoms with E-state index in [4.69, 9.17) is 0 Å². The molecule has 0 amide bonds. The topological polar surface area (TPSA) is 30.2 Å². The van der Waals surface area contributed by atoms with Crippen molar-refractivity contribution in [2.45, 2.75) is 10.1 Å². The number of imidazole rings is 1. The summed E-state index contributed by atoms with van der Waals surface area (Å²) in [5.41, 5.74) is 0.895. The summed E-state index contributed by atoms with van der Waals surface area (Å²) >= 11 is 1.26. The second kappa shape index (κ2) is 4.18. The number of aromatic nitrogens is 3. The van der Waals surface area contributed by atoms with Crippen LogP contribution in [-0.2, 0) is 0 Å². The first-order chi connectivity index (χ1) is 8.34. The fourth-order valence-corrected chi connectivity index (χ4v) is 2.37. The van der Waals surface area contributed by atoms with Crippen LogP contribution in [0.3, 0.4) is 0 Å². The van der Waals surface area contributed by atoms with Gasteiger partial charge < -0.3 is 0 Å². The van der Waals surface area contributed by atoms with E-state index in [1.54, 1.807) is 35.1 Å². The smallest absolute Gasteiger partial charge is 0.194 e. The first-order valence-corrected chi connectivity index (χ1v) is 5.87. The molecule has 0 saturated heterocycles. The fourth-order valence-electron chi connectivity index (χ4n) is 1.51. The maximum absolute atomic E-state index is 13.5. The Kier molecular flexibility index (Phi) is 2.53. The highest BCUT2D eigenvalue weighted by atomic mass is 32.2. The van der Waals surface area contributed by atoms with Gasteiger partial charge in [0.15, 0.2) is 5.16 Å². The van der Waals surface area contributed by atoms with Gasteiger partial charge in [-0.2, -0.15) is 5.10 Å². The summed E-state index contributed by atoms with van der Waals surface area (Å²) in [5, 5.41) is 4.84. The van der Waals surface area contributed by atoms with Crippen molar-refractivity contribution in [3.63, 3.8) is 0 Å². The van der Waals surface area contributed by atoms with Crippen LogP contribution in [0.4, 0.5) is 4.39 Å². The molecule has 2 heterocycles. The normalized spacial score (nSPS) is 10.9. The predicted molar refractivity (Wildman–Crippen MR) is 63.5 cm³/mol. The number of hydrogen-bond acceptors (Lipinski definition) is 3. The van der Waals surface area contributed by atoms with E-state index in [1.807, 2.05) is 12.1 Å². The van der Waals surface area contributed by atoms with Crippen LogP contribution >= 0.6 is 11.8 Å². The van der Waals surface area contributed by atoms with Gasteiger partial charge in [0.1, 0.15) is 5.82 Å². The fraction of sp³-hybridized carbons (Fsp3) is 0. The van der Waals surface area contributed by atoms with Crippen LogP contribution in [0.5, 0.6) is 0 Å². The number of benzene rings is 1. The van der Waals surface area contributed by atoms with Crippen LogP contribution in [0.2, 0.25) is 0 Å². The van der Waals surface area contributed by atoms with E-state index in [9.17, 15) is 4.39 Å². The molecule has 0 aliphatic rings. The van der Waals surface area contributed by atoms with Crippen LogP contribution in [0.1, 0.15) is 0 Å². The van der Waals surface area contributed by atoms with Crippen molar-refractivity contribution >= 4 is 17.3 Å². The summed E-state index contributed by atoms with van der Waals surface area (Å²) in [4.78, 5) is 4.78. The number of fused-ring (bicyclic) bond motifs is 1. The van der Waals surface area contributed by atoms with Crippen molar-refractivity contribution in [3.05, 3.63) is 54.6 Å². The van der Waals surface area contributed by atoms with E-state index in [2.05, 4.69) is 10.1 Å². The van der Waals surface area contributed by atoms with E-state index in [0.29, 0.717) is 10.1 Å². The van der Waals surface area contributed by atoms with Crippen molar-refractivity contribution in [2.24, 2.45) is 0 Å².